The molecule has 0 unspecified atom stereocenters. The third kappa shape index (κ3) is 1.88. The Bertz CT molecular complexity index is 997. The minimum atomic E-state index is -0.265. The standard InChI is InChI=1S/C18H14FNO2/c1-2-16-15(9-13-4-3-12(19)10-20(13)16)18-8-11-7-14(21)5-6-17(11)22-18/h3-10,21H,2H2,1H3. The van der Waals surface area contributed by atoms with Crippen molar-refractivity contribution in [3.63, 3.8) is 0 Å². The first-order valence-electron chi connectivity index (χ1n) is 7.18. The highest BCUT2D eigenvalue weighted by molar-refractivity contribution is 5.85. The first kappa shape index (κ1) is 13.0. The smallest absolute Gasteiger partial charge is 0.139 e. The molecule has 3 aromatic heterocycles. The summed E-state index contributed by atoms with van der Waals surface area (Å²) >= 11 is 0. The molecule has 0 fully saturated rings. The van der Waals surface area contributed by atoms with Gasteiger partial charge < -0.3 is 13.9 Å². The van der Waals surface area contributed by atoms with Gasteiger partial charge in [-0.3, -0.25) is 0 Å². The zero-order valence-corrected chi connectivity index (χ0v) is 12.0. The van der Waals surface area contributed by atoms with Gasteiger partial charge in [-0.1, -0.05) is 6.92 Å². The number of nitrogens with zero attached hydrogens (tertiary/aromatic N) is 1. The molecule has 0 aliphatic rings. The maximum Gasteiger partial charge on any atom is 0.139 e. The van der Waals surface area contributed by atoms with Gasteiger partial charge in [-0.2, -0.15) is 0 Å². The summed E-state index contributed by atoms with van der Waals surface area (Å²) in [7, 11) is 0. The summed E-state index contributed by atoms with van der Waals surface area (Å²) in [4.78, 5) is 0. The molecule has 0 radical (unpaired) electrons. The minimum absolute atomic E-state index is 0.208. The Morgan fingerprint density at radius 1 is 1.14 bits per heavy atom. The van der Waals surface area contributed by atoms with E-state index in [-0.39, 0.29) is 11.6 Å². The molecule has 0 amide bonds. The van der Waals surface area contributed by atoms with Crippen LogP contribution in [0.1, 0.15) is 12.6 Å². The van der Waals surface area contributed by atoms with Gasteiger partial charge in [0.2, 0.25) is 0 Å². The second-order valence-electron chi connectivity index (χ2n) is 5.33. The summed E-state index contributed by atoms with van der Waals surface area (Å²) in [5.41, 5.74) is 3.59. The van der Waals surface area contributed by atoms with Crippen LogP contribution < -0.4 is 0 Å². The van der Waals surface area contributed by atoms with E-state index in [4.69, 9.17) is 4.42 Å². The largest absolute Gasteiger partial charge is 0.508 e. The van der Waals surface area contributed by atoms with Gasteiger partial charge in [0, 0.05) is 28.4 Å². The first-order chi connectivity index (χ1) is 10.7. The highest BCUT2D eigenvalue weighted by Gasteiger charge is 2.15. The molecule has 110 valence electrons. The van der Waals surface area contributed by atoms with Crippen molar-refractivity contribution in [1.29, 1.82) is 0 Å². The van der Waals surface area contributed by atoms with Gasteiger partial charge in [0.05, 0.1) is 0 Å². The van der Waals surface area contributed by atoms with Crippen LogP contribution in [0.2, 0.25) is 0 Å². The molecule has 0 spiro atoms. The summed E-state index contributed by atoms with van der Waals surface area (Å²) in [5.74, 6) is 0.667. The second-order valence-corrected chi connectivity index (χ2v) is 5.33. The van der Waals surface area contributed by atoms with E-state index in [0.717, 1.165) is 39.9 Å². The van der Waals surface area contributed by atoms with Crippen molar-refractivity contribution in [2.75, 3.05) is 0 Å². The Labute approximate surface area is 126 Å². The van der Waals surface area contributed by atoms with Gasteiger partial charge in [0.1, 0.15) is 22.9 Å². The van der Waals surface area contributed by atoms with Crippen LogP contribution in [0.4, 0.5) is 4.39 Å². The summed E-state index contributed by atoms with van der Waals surface area (Å²) in [6.45, 7) is 2.03. The van der Waals surface area contributed by atoms with Crippen LogP contribution in [0.5, 0.6) is 5.75 Å². The molecule has 0 saturated carbocycles. The summed E-state index contributed by atoms with van der Waals surface area (Å²) in [5, 5.41) is 10.4. The van der Waals surface area contributed by atoms with E-state index < -0.39 is 0 Å². The summed E-state index contributed by atoms with van der Waals surface area (Å²) < 4.78 is 21.3. The van der Waals surface area contributed by atoms with Crippen LogP contribution in [-0.4, -0.2) is 9.51 Å². The fourth-order valence-electron chi connectivity index (χ4n) is 2.94. The Morgan fingerprint density at radius 2 is 2.00 bits per heavy atom. The molecule has 3 nitrogen and oxygen atoms in total. The average molecular weight is 295 g/mol. The number of aryl methyl sites for hydroxylation is 1. The van der Waals surface area contributed by atoms with Crippen LogP contribution in [0.3, 0.4) is 0 Å². The van der Waals surface area contributed by atoms with Crippen LogP contribution in [0.25, 0.3) is 27.8 Å². The van der Waals surface area contributed by atoms with E-state index in [2.05, 4.69) is 0 Å². The van der Waals surface area contributed by atoms with Gasteiger partial charge in [-0.15, -0.1) is 0 Å². The van der Waals surface area contributed by atoms with Crippen LogP contribution >= 0.6 is 0 Å². The van der Waals surface area contributed by atoms with Gasteiger partial charge in [0.25, 0.3) is 0 Å². The molecule has 4 rings (SSSR count). The Kier molecular flexibility index (Phi) is 2.73. The average Bonchev–Trinajstić information content (AvgIpc) is 3.06. The predicted octanol–water partition coefficient (Wildman–Crippen LogP) is 4.76. The molecule has 0 atom stereocenters. The number of rotatable bonds is 2. The molecule has 0 bridgehead atoms. The molecular weight excluding hydrogens is 281 g/mol. The fourth-order valence-corrected chi connectivity index (χ4v) is 2.94. The van der Waals surface area contributed by atoms with E-state index in [1.807, 2.05) is 23.5 Å². The van der Waals surface area contributed by atoms with Crippen molar-refractivity contribution in [3.05, 3.63) is 60.2 Å². The zero-order valence-electron chi connectivity index (χ0n) is 12.0. The molecule has 4 aromatic rings. The van der Waals surface area contributed by atoms with Crippen LogP contribution in [-0.2, 0) is 6.42 Å². The number of aromatic hydroxyl groups is 1. The number of aromatic nitrogens is 1. The number of halogens is 1. The summed E-state index contributed by atoms with van der Waals surface area (Å²) in [6.07, 6.45) is 2.25. The topological polar surface area (TPSA) is 37.8 Å². The van der Waals surface area contributed by atoms with E-state index >= 15 is 0 Å². The van der Waals surface area contributed by atoms with E-state index in [9.17, 15) is 9.50 Å². The molecule has 0 aliphatic carbocycles. The van der Waals surface area contributed by atoms with Gasteiger partial charge in [-0.05, 0) is 48.9 Å². The van der Waals surface area contributed by atoms with Crippen molar-refractivity contribution in [2.45, 2.75) is 13.3 Å². The van der Waals surface area contributed by atoms with Gasteiger partial charge in [0.15, 0.2) is 0 Å². The number of pyridine rings is 1. The number of fused-ring (bicyclic) bond motifs is 2. The van der Waals surface area contributed by atoms with E-state index in [1.54, 1.807) is 24.3 Å². The van der Waals surface area contributed by atoms with Crippen LogP contribution in [0, 0.1) is 5.82 Å². The minimum Gasteiger partial charge on any atom is -0.508 e. The predicted molar refractivity (Wildman–Crippen MR) is 83.6 cm³/mol. The molecule has 1 N–H and O–H groups in total. The molecular formula is C18H14FNO2. The zero-order chi connectivity index (χ0) is 15.3. The number of benzene rings is 1. The van der Waals surface area contributed by atoms with Crippen molar-refractivity contribution >= 4 is 16.5 Å². The van der Waals surface area contributed by atoms with Crippen molar-refractivity contribution in [1.82, 2.24) is 4.40 Å². The SMILES string of the molecule is CCc1c(-c2cc3cc(O)ccc3o2)cc2ccc(F)cn12. The highest BCUT2D eigenvalue weighted by Crippen LogP contribution is 2.34. The van der Waals surface area contributed by atoms with E-state index in [1.165, 1.54) is 12.3 Å². The van der Waals surface area contributed by atoms with Crippen molar-refractivity contribution < 1.29 is 13.9 Å². The number of hydrogen-bond donors (Lipinski definition) is 1. The number of hydrogen-bond acceptors (Lipinski definition) is 2. The molecule has 3 heterocycles. The van der Waals surface area contributed by atoms with Crippen LogP contribution in [0.15, 0.2) is 53.1 Å². The Hall–Kier alpha value is -2.75. The third-order valence-electron chi connectivity index (χ3n) is 3.94. The molecule has 0 aliphatic heterocycles. The lowest BCUT2D eigenvalue weighted by Crippen LogP contribution is -1.93. The quantitative estimate of drug-likeness (QED) is 0.579. The second kappa shape index (κ2) is 4.63. The lowest BCUT2D eigenvalue weighted by Gasteiger charge is -2.02. The van der Waals surface area contributed by atoms with E-state index in [0.29, 0.717) is 0 Å². The molecule has 0 saturated heterocycles. The van der Waals surface area contributed by atoms with Crippen molar-refractivity contribution in [3.8, 4) is 17.1 Å². The Balaban J connectivity index is 1.98. The number of phenols is 1. The highest BCUT2D eigenvalue weighted by atomic mass is 19.1. The monoisotopic (exact) mass is 295 g/mol. The summed E-state index contributed by atoms with van der Waals surface area (Å²) in [6, 6.07) is 12.1. The van der Waals surface area contributed by atoms with Crippen molar-refractivity contribution in [2.24, 2.45) is 0 Å². The lowest BCUT2D eigenvalue weighted by atomic mass is 10.1. The normalized spacial score (nSPS) is 11.5. The third-order valence-corrected chi connectivity index (χ3v) is 3.94. The first-order valence-corrected chi connectivity index (χ1v) is 7.18. The molecule has 1 aromatic carbocycles. The maximum atomic E-state index is 13.5. The van der Waals surface area contributed by atoms with Gasteiger partial charge >= 0.3 is 0 Å². The van der Waals surface area contributed by atoms with Gasteiger partial charge in [-0.25, -0.2) is 4.39 Å². The Morgan fingerprint density at radius 3 is 2.82 bits per heavy atom. The maximum absolute atomic E-state index is 13.5. The number of phenolic OH excluding ortho intramolecular Hbond substituents is 1. The molecule has 4 heteroatoms. The lowest BCUT2D eigenvalue weighted by molar-refractivity contribution is 0.476. The number of furan rings is 1. The fraction of sp³-hybridized carbons (Fsp3) is 0.111. The molecule has 22 heavy (non-hydrogen) atoms.